The third-order valence-corrected chi connectivity index (χ3v) is 3.37. The molecule has 1 aliphatic heterocycles. The molecule has 0 aliphatic carbocycles. The number of benzene rings is 1. The third-order valence-electron chi connectivity index (χ3n) is 3.37. The summed E-state index contributed by atoms with van der Waals surface area (Å²) in [5, 5.41) is 11.6. The summed E-state index contributed by atoms with van der Waals surface area (Å²) in [6.07, 6.45) is 0.936. The van der Waals surface area contributed by atoms with Gasteiger partial charge in [-0.25, -0.2) is 4.79 Å². The summed E-state index contributed by atoms with van der Waals surface area (Å²) in [4.78, 5) is 22.6. The van der Waals surface area contributed by atoms with Crippen molar-refractivity contribution in [2.24, 2.45) is 5.41 Å². The number of rotatable bonds is 4. The lowest BCUT2D eigenvalue weighted by Crippen LogP contribution is -2.36. The summed E-state index contributed by atoms with van der Waals surface area (Å²) in [6, 6.07) is 5.90. The van der Waals surface area contributed by atoms with Gasteiger partial charge in [0.15, 0.2) is 0 Å². The Labute approximate surface area is 111 Å². The number of aromatic carboxylic acids is 1. The number of ether oxygens (including phenoxy) is 1. The number of carboxylic acids is 1. The molecule has 2 rings (SSSR count). The Kier molecular flexibility index (Phi) is 3.85. The Bertz CT molecular complexity index is 475. The predicted molar refractivity (Wildman–Crippen MR) is 69.3 cm³/mol. The zero-order valence-electron chi connectivity index (χ0n) is 10.8. The molecular formula is C14H17NO4. The van der Waals surface area contributed by atoms with Crippen LogP contribution in [-0.4, -0.2) is 36.7 Å². The van der Waals surface area contributed by atoms with Gasteiger partial charge in [0.1, 0.15) is 0 Å². The van der Waals surface area contributed by atoms with E-state index in [9.17, 15) is 9.59 Å². The van der Waals surface area contributed by atoms with Crippen molar-refractivity contribution in [1.82, 2.24) is 5.32 Å². The van der Waals surface area contributed by atoms with Gasteiger partial charge in [-0.1, -0.05) is 6.92 Å². The van der Waals surface area contributed by atoms with E-state index in [1.165, 1.54) is 24.3 Å². The second-order valence-corrected chi connectivity index (χ2v) is 5.18. The molecule has 1 aromatic carbocycles. The van der Waals surface area contributed by atoms with E-state index >= 15 is 0 Å². The van der Waals surface area contributed by atoms with Crippen molar-refractivity contribution in [3.8, 4) is 0 Å². The van der Waals surface area contributed by atoms with Crippen LogP contribution < -0.4 is 5.32 Å². The molecule has 1 unspecified atom stereocenters. The minimum atomic E-state index is -0.998. The van der Waals surface area contributed by atoms with Crippen LogP contribution in [0.3, 0.4) is 0 Å². The fourth-order valence-corrected chi connectivity index (χ4v) is 2.01. The molecule has 0 saturated carbocycles. The first kappa shape index (κ1) is 13.5. The number of hydrogen-bond donors (Lipinski definition) is 2. The third kappa shape index (κ3) is 3.32. The summed E-state index contributed by atoms with van der Waals surface area (Å²) in [6.45, 7) is 4.03. The molecule has 0 aromatic heterocycles. The predicted octanol–water partition coefficient (Wildman–Crippen LogP) is 1.54. The molecule has 1 atom stereocenters. The van der Waals surface area contributed by atoms with E-state index < -0.39 is 5.97 Å². The monoisotopic (exact) mass is 263 g/mol. The van der Waals surface area contributed by atoms with Crippen LogP contribution in [0, 0.1) is 5.41 Å². The maximum Gasteiger partial charge on any atom is 0.335 e. The highest BCUT2D eigenvalue weighted by Gasteiger charge is 2.30. The lowest BCUT2D eigenvalue weighted by molar-refractivity contribution is 0.0696. The van der Waals surface area contributed by atoms with Gasteiger partial charge >= 0.3 is 5.97 Å². The first-order chi connectivity index (χ1) is 9.00. The number of carbonyl (C=O) groups is 2. The first-order valence-corrected chi connectivity index (χ1v) is 6.19. The van der Waals surface area contributed by atoms with Gasteiger partial charge in [-0.05, 0) is 30.7 Å². The molecule has 1 heterocycles. The molecule has 19 heavy (non-hydrogen) atoms. The minimum absolute atomic E-state index is 0.00331. The maximum absolute atomic E-state index is 11.9. The van der Waals surface area contributed by atoms with Crippen LogP contribution in [0.1, 0.15) is 34.1 Å². The Morgan fingerprint density at radius 2 is 1.95 bits per heavy atom. The maximum atomic E-state index is 11.9. The quantitative estimate of drug-likeness (QED) is 0.864. The lowest BCUT2D eigenvalue weighted by Gasteiger charge is -2.21. The molecule has 1 aliphatic rings. The van der Waals surface area contributed by atoms with Crippen LogP contribution in [0.2, 0.25) is 0 Å². The van der Waals surface area contributed by atoms with Crippen molar-refractivity contribution in [3.05, 3.63) is 35.4 Å². The molecule has 5 heteroatoms. The Balaban J connectivity index is 1.94. The zero-order valence-corrected chi connectivity index (χ0v) is 10.8. The molecule has 1 fully saturated rings. The number of amides is 1. The van der Waals surface area contributed by atoms with Crippen molar-refractivity contribution in [2.75, 3.05) is 19.8 Å². The van der Waals surface area contributed by atoms with E-state index in [4.69, 9.17) is 9.84 Å². The van der Waals surface area contributed by atoms with Gasteiger partial charge < -0.3 is 15.2 Å². The van der Waals surface area contributed by atoms with Crippen molar-refractivity contribution >= 4 is 11.9 Å². The van der Waals surface area contributed by atoms with E-state index in [0.29, 0.717) is 18.7 Å². The van der Waals surface area contributed by atoms with Crippen molar-refractivity contribution in [1.29, 1.82) is 0 Å². The van der Waals surface area contributed by atoms with E-state index in [1.807, 2.05) is 0 Å². The number of nitrogens with one attached hydrogen (secondary N) is 1. The molecule has 2 N–H and O–H groups in total. The molecule has 1 saturated heterocycles. The van der Waals surface area contributed by atoms with E-state index in [1.54, 1.807) is 0 Å². The van der Waals surface area contributed by atoms with Gasteiger partial charge in [0.05, 0.1) is 12.2 Å². The molecule has 102 valence electrons. The second kappa shape index (κ2) is 5.40. The topological polar surface area (TPSA) is 75.6 Å². The SMILES string of the molecule is CC1(CNC(=O)c2ccc(C(=O)O)cc2)CCOC1. The molecule has 5 nitrogen and oxygen atoms in total. The summed E-state index contributed by atoms with van der Waals surface area (Å²) in [7, 11) is 0. The summed E-state index contributed by atoms with van der Waals surface area (Å²) >= 11 is 0. The van der Waals surface area contributed by atoms with Gasteiger partial charge in [0.25, 0.3) is 5.91 Å². The highest BCUT2D eigenvalue weighted by Crippen LogP contribution is 2.26. The largest absolute Gasteiger partial charge is 0.478 e. The highest BCUT2D eigenvalue weighted by molar-refractivity contribution is 5.95. The fourth-order valence-electron chi connectivity index (χ4n) is 2.01. The molecule has 0 spiro atoms. The van der Waals surface area contributed by atoms with Gasteiger partial charge in [-0.3, -0.25) is 4.79 Å². The molecule has 0 radical (unpaired) electrons. The van der Waals surface area contributed by atoms with Gasteiger partial charge in [-0.2, -0.15) is 0 Å². The summed E-state index contributed by atoms with van der Waals surface area (Å²) < 4.78 is 5.32. The van der Waals surface area contributed by atoms with Crippen molar-refractivity contribution in [3.63, 3.8) is 0 Å². The van der Waals surface area contributed by atoms with E-state index in [-0.39, 0.29) is 16.9 Å². The van der Waals surface area contributed by atoms with E-state index in [2.05, 4.69) is 12.2 Å². The standard InChI is InChI=1S/C14H17NO4/c1-14(6-7-19-9-14)8-15-12(16)10-2-4-11(5-3-10)13(17)18/h2-5H,6-9H2,1H3,(H,15,16)(H,17,18). The molecule has 0 bridgehead atoms. The Morgan fingerprint density at radius 1 is 1.32 bits per heavy atom. The summed E-state index contributed by atoms with van der Waals surface area (Å²) in [5.41, 5.74) is 0.636. The smallest absolute Gasteiger partial charge is 0.335 e. The van der Waals surface area contributed by atoms with Gasteiger partial charge in [0, 0.05) is 24.1 Å². The average molecular weight is 263 g/mol. The first-order valence-electron chi connectivity index (χ1n) is 6.19. The fraction of sp³-hybridized carbons (Fsp3) is 0.429. The van der Waals surface area contributed by atoms with Crippen molar-refractivity contribution < 1.29 is 19.4 Å². The van der Waals surface area contributed by atoms with E-state index in [0.717, 1.165) is 13.0 Å². The second-order valence-electron chi connectivity index (χ2n) is 5.18. The minimum Gasteiger partial charge on any atom is -0.478 e. The van der Waals surface area contributed by atoms with Crippen LogP contribution in [-0.2, 0) is 4.74 Å². The number of carbonyl (C=O) groups excluding carboxylic acids is 1. The van der Waals surface area contributed by atoms with Crippen LogP contribution >= 0.6 is 0 Å². The summed E-state index contributed by atoms with van der Waals surface area (Å²) in [5.74, 6) is -1.19. The Morgan fingerprint density at radius 3 is 2.47 bits per heavy atom. The van der Waals surface area contributed by atoms with Crippen LogP contribution in [0.25, 0.3) is 0 Å². The molecule has 1 amide bonds. The molecule has 1 aromatic rings. The van der Waals surface area contributed by atoms with Gasteiger partial charge in [-0.15, -0.1) is 0 Å². The van der Waals surface area contributed by atoms with Gasteiger partial charge in [0.2, 0.25) is 0 Å². The zero-order chi connectivity index (χ0) is 13.9. The van der Waals surface area contributed by atoms with Crippen LogP contribution in [0.5, 0.6) is 0 Å². The lowest BCUT2D eigenvalue weighted by atomic mass is 9.90. The van der Waals surface area contributed by atoms with Crippen LogP contribution in [0.4, 0.5) is 0 Å². The molecular weight excluding hydrogens is 246 g/mol. The normalized spacial score (nSPS) is 22.2. The average Bonchev–Trinajstić information content (AvgIpc) is 2.83. The number of carboxylic acid groups (broad SMARTS) is 1. The van der Waals surface area contributed by atoms with Crippen molar-refractivity contribution in [2.45, 2.75) is 13.3 Å². The Hall–Kier alpha value is -1.88. The van der Waals surface area contributed by atoms with Crippen LogP contribution in [0.15, 0.2) is 24.3 Å². The number of hydrogen-bond acceptors (Lipinski definition) is 3. The highest BCUT2D eigenvalue weighted by atomic mass is 16.5.